The van der Waals surface area contributed by atoms with Gasteiger partial charge in [0, 0.05) is 44.2 Å². The molecule has 1 fully saturated rings. The monoisotopic (exact) mass is 436 g/mol. The van der Waals surface area contributed by atoms with Crippen molar-refractivity contribution in [3.63, 3.8) is 0 Å². The van der Waals surface area contributed by atoms with E-state index in [0.717, 1.165) is 39.4 Å². The molecule has 1 aliphatic heterocycles. The van der Waals surface area contributed by atoms with Crippen LogP contribution in [0.15, 0.2) is 40.9 Å². The molecule has 1 amide bonds. The summed E-state index contributed by atoms with van der Waals surface area (Å²) < 4.78 is 7.38. The fraction of sp³-hybridized carbons (Fsp3) is 0.364. The minimum Gasteiger partial charge on any atom is -0.337 e. The minimum absolute atomic E-state index is 0.000245. The second-order valence-corrected chi connectivity index (χ2v) is 8.90. The number of rotatable bonds is 4. The van der Waals surface area contributed by atoms with Gasteiger partial charge in [0.25, 0.3) is 5.91 Å². The van der Waals surface area contributed by atoms with Crippen molar-refractivity contribution >= 4 is 27.5 Å². The van der Waals surface area contributed by atoms with Crippen molar-refractivity contribution in [2.75, 3.05) is 26.2 Å². The summed E-state index contributed by atoms with van der Waals surface area (Å²) in [4.78, 5) is 23.7. The van der Waals surface area contributed by atoms with Crippen LogP contribution in [0.25, 0.3) is 21.6 Å². The summed E-state index contributed by atoms with van der Waals surface area (Å²) in [5.74, 6) is 1.30. The van der Waals surface area contributed by atoms with Crippen molar-refractivity contribution in [3.8, 4) is 11.4 Å². The zero-order valence-electron chi connectivity index (χ0n) is 17.8. The van der Waals surface area contributed by atoms with Gasteiger partial charge in [-0.2, -0.15) is 10.1 Å². The van der Waals surface area contributed by atoms with Crippen LogP contribution in [-0.4, -0.2) is 61.8 Å². The molecule has 1 unspecified atom stereocenters. The Morgan fingerprint density at radius 3 is 2.61 bits per heavy atom. The Labute approximate surface area is 184 Å². The largest absolute Gasteiger partial charge is 0.337 e. The van der Waals surface area contributed by atoms with Crippen LogP contribution >= 0.6 is 11.3 Å². The first-order valence-electron chi connectivity index (χ1n) is 10.4. The molecule has 1 aromatic carbocycles. The lowest BCUT2D eigenvalue weighted by atomic mass is 10.2. The summed E-state index contributed by atoms with van der Waals surface area (Å²) in [6.45, 7) is 6.93. The van der Waals surface area contributed by atoms with E-state index >= 15 is 0 Å². The number of thiophene rings is 1. The normalized spacial score (nSPS) is 16.2. The average molecular weight is 437 g/mol. The molecule has 0 N–H and O–H groups in total. The third kappa shape index (κ3) is 3.64. The summed E-state index contributed by atoms with van der Waals surface area (Å²) in [6.07, 6.45) is 0. The molecule has 9 heteroatoms. The molecule has 4 heterocycles. The molecule has 3 aromatic heterocycles. The fourth-order valence-electron chi connectivity index (χ4n) is 4.04. The van der Waals surface area contributed by atoms with Crippen molar-refractivity contribution in [1.29, 1.82) is 0 Å². The first-order chi connectivity index (χ1) is 15.0. The van der Waals surface area contributed by atoms with E-state index in [1.807, 2.05) is 60.0 Å². The third-order valence-electron chi connectivity index (χ3n) is 5.89. The van der Waals surface area contributed by atoms with Crippen LogP contribution in [0.1, 0.15) is 34.2 Å². The SMILES string of the molecule is Cc1nn(C)c2sc(C(=O)N3CCN(C(C)c4nc(-c5ccccc5)no4)CC3)cc12. The van der Waals surface area contributed by atoms with Crippen molar-refractivity contribution in [2.24, 2.45) is 7.05 Å². The molecule has 4 aromatic rings. The molecule has 1 saturated heterocycles. The van der Waals surface area contributed by atoms with E-state index in [2.05, 4.69) is 27.1 Å². The van der Waals surface area contributed by atoms with Gasteiger partial charge in [-0.25, -0.2) is 0 Å². The summed E-state index contributed by atoms with van der Waals surface area (Å²) in [5.41, 5.74) is 1.90. The fourth-order valence-corrected chi connectivity index (χ4v) is 5.14. The van der Waals surface area contributed by atoms with E-state index in [1.165, 1.54) is 11.3 Å². The summed E-state index contributed by atoms with van der Waals surface area (Å²) in [6, 6.07) is 11.8. The summed E-state index contributed by atoms with van der Waals surface area (Å²) >= 11 is 1.51. The van der Waals surface area contributed by atoms with Gasteiger partial charge in [-0.3, -0.25) is 14.4 Å². The topological polar surface area (TPSA) is 80.3 Å². The van der Waals surface area contributed by atoms with E-state index < -0.39 is 0 Å². The zero-order valence-corrected chi connectivity index (χ0v) is 18.6. The molecule has 31 heavy (non-hydrogen) atoms. The van der Waals surface area contributed by atoms with Crippen molar-refractivity contribution in [1.82, 2.24) is 29.7 Å². The standard InChI is InChI=1S/C22H24N6O2S/c1-14-17-13-18(31-22(17)26(3)24-14)21(29)28-11-9-27(10-12-28)15(2)20-23-19(25-30-20)16-7-5-4-6-8-16/h4-8,13,15H,9-12H2,1-3H3. The van der Waals surface area contributed by atoms with Gasteiger partial charge in [-0.1, -0.05) is 35.5 Å². The van der Waals surface area contributed by atoms with Crippen LogP contribution in [-0.2, 0) is 7.05 Å². The van der Waals surface area contributed by atoms with Gasteiger partial charge in [0.2, 0.25) is 11.7 Å². The predicted molar refractivity (Wildman–Crippen MR) is 119 cm³/mol. The third-order valence-corrected chi connectivity index (χ3v) is 7.08. The molecule has 0 aliphatic carbocycles. The number of carbonyl (C=O) groups excluding carboxylic acids is 1. The molecule has 1 atom stereocenters. The van der Waals surface area contributed by atoms with E-state index in [1.54, 1.807) is 0 Å². The van der Waals surface area contributed by atoms with E-state index in [9.17, 15) is 4.79 Å². The maximum atomic E-state index is 13.0. The highest BCUT2D eigenvalue weighted by molar-refractivity contribution is 7.20. The number of nitrogens with zero attached hydrogens (tertiary/aromatic N) is 6. The van der Waals surface area contributed by atoms with Gasteiger partial charge in [0.05, 0.1) is 16.6 Å². The molecular weight excluding hydrogens is 412 g/mol. The number of carbonyl (C=O) groups is 1. The lowest BCUT2D eigenvalue weighted by molar-refractivity contribution is 0.0556. The van der Waals surface area contributed by atoms with E-state index in [4.69, 9.17) is 4.52 Å². The van der Waals surface area contributed by atoms with Gasteiger partial charge in [0.1, 0.15) is 4.83 Å². The quantitative estimate of drug-likeness (QED) is 0.487. The van der Waals surface area contributed by atoms with E-state index in [-0.39, 0.29) is 11.9 Å². The Kier molecular flexibility index (Phi) is 5.07. The van der Waals surface area contributed by atoms with Crippen LogP contribution in [0.5, 0.6) is 0 Å². The van der Waals surface area contributed by atoms with Gasteiger partial charge >= 0.3 is 0 Å². The molecular formula is C22H24N6O2S. The average Bonchev–Trinajstić information content (AvgIpc) is 3.52. The first kappa shape index (κ1) is 19.9. The highest BCUT2D eigenvalue weighted by Crippen LogP contribution is 2.29. The predicted octanol–water partition coefficient (Wildman–Crippen LogP) is 3.51. The Bertz CT molecular complexity index is 1190. The van der Waals surface area contributed by atoms with Gasteiger partial charge in [0.15, 0.2) is 0 Å². The number of hydrogen-bond acceptors (Lipinski definition) is 7. The maximum Gasteiger partial charge on any atom is 0.264 e. The first-order valence-corrected chi connectivity index (χ1v) is 11.2. The lowest BCUT2D eigenvalue weighted by Crippen LogP contribution is -2.49. The molecule has 5 rings (SSSR count). The number of benzene rings is 1. The van der Waals surface area contributed by atoms with Crippen LogP contribution < -0.4 is 0 Å². The van der Waals surface area contributed by atoms with Crippen LogP contribution in [0.2, 0.25) is 0 Å². The second-order valence-electron chi connectivity index (χ2n) is 7.86. The number of aryl methyl sites for hydroxylation is 2. The molecule has 0 bridgehead atoms. The number of piperazine rings is 1. The Balaban J connectivity index is 1.24. The summed E-state index contributed by atoms with van der Waals surface area (Å²) in [5, 5.41) is 9.61. The number of amides is 1. The zero-order chi connectivity index (χ0) is 21.5. The van der Waals surface area contributed by atoms with Crippen molar-refractivity contribution < 1.29 is 9.32 Å². The number of hydrogen-bond donors (Lipinski definition) is 0. The molecule has 0 spiro atoms. The van der Waals surface area contributed by atoms with Crippen LogP contribution in [0.3, 0.4) is 0 Å². The molecule has 1 aliphatic rings. The number of aromatic nitrogens is 4. The molecule has 160 valence electrons. The van der Waals surface area contributed by atoms with E-state index in [0.29, 0.717) is 24.8 Å². The highest BCUT2D eigenvalue weighted by Gasteiger charge is 2.29. The number of fused-ring (bicyclic) bond motifs is 1. The Morgan fingerprint density at radius 2 is 1.90 bits per heavy atom. The lowest BCUT2D eigenvalue weighted by Gasteiger charge is -2.36. The molecule has 0 radical (unpaired) electrons. The van der Waals surface area contributed by atoms with Gasteiger partial charge in [-0.05, 0) is 19.9 Å². The Hall–Kier alpha value is -3.04. The van der Waals surface area contributed by atoms with Gasteiger partial charge in [-0.15, -0.1) is 11.3 Å². The maximum absolute atomic E-state index is 13.0. The second kappa shape index (κ2) is 7.90. The molecule has 0 saturated carbocycles. The van der Waals surface area contributed by atoms with Crippen LogP contribution in [0, 0.1) is 6.92 Å². The highest BCUT2D eigenvalue weighted by atomic mass is 32.1. The smallest absolute Gasteiger partial charge is 0.264 e. The van der Waals surface area contributed by atoms with Crippen LogP contribution in [0.4, 0.5) is 0 Å². The van der Waals surface area contributed by atoms with Crippen molar-refractivity contribution in [2.45, 2.75) is 19.9 Å². The van der Waals surface area contributed by atoms with Crippen molar-refractivity contribution in [3.05, 3.63) is 52.9 Å². The van der Waals surface area contributed by atoms with Gasteiger partial charge < -0.3 is 9.42 Å². The Morgan fingerprint density at radius 1 is 1.16 bits per heavy atom. The minimum atomic E-state index is 0.000245. The summed E-state index contributed by atoms with van der Waals surface area (Å²) in [7, 11) is 1.92. The molecule has 8 nitrogen and oxygen atoms in total.